The van der Waals surface area contributed by atoms with Crippen LogP contribution in [0.2, 0.25) is 0 Å². The Morgan fingerprint density at radius 2 is 0.619 bits per heavy atom. The van der Waals surface area contributed by atoms with E-state index in [-0.39, 0.29) is 0 Å². The molecule has 4 heteroatoms. The predicted molar refractivity (Wildman–Crippen MR) is 260 cm³/mol. The summed E-state index contributed by atoms with van der Waals surface area (Å²) in [5.74, 6) is 7.39. The van der Waals surface area contributed by atoms with Gasteiger partial charge < -0.3 is 0 Å². The molecular formula is C59H100F2O2. The number of carbonyl (C=O) groups is 2. The minimum absolute atomic E-state index is 0.358. The second kappa shape index (κ2) is 23.0. The van der Waals surface area contributed by atoms with Crippen LogP contribution in [0.3, 0.4) is 0 Å². The molecule has 0 aliphatic heterocycles. The Kier molecular flexibility index (Phi) is 18.3. The number of hydrogen-bond donors (Lipinski definition) is 0. The van der Waals surface area contributed by atoms with E-state index in [0.717, 1.165) is 150 Å². The molecule has 0 unspecified atom stereocenters. The Labute approximate surface area is 388 Å². The molecule has 8 fully saturated rings. The van der Waals surface area contributed by atoms with Crippen molar-refractivity contribution in [2.45, 2.75) is 290 Å². The molecule has 8 aliphatic rings. The van der Waals surface area contributed by atoms with E-state index in [1.807, 2.05) is 0 Å². The molecule has 362 valence electrons. The summed E-state index contributed by atoms with van der Waals surface area (Å²) in [4.78, 5) is 26.9. The number of rotatable bonds is 17. The van der Waals surface area contributed by atoms with Gasteiger partial charge in [-0.1, -0.05) is 150 Å². The Bertz CT molecular complexity index is 1370. The van der Waals surface area contributed by atoms with Crippen LogP contribution in [-0.2, 0) is 9.59 Å². The van der Waals surface area contributed by atoms with Crippen molar-refractivity contribution in [1.82, 2.24) is 0 Å². The number of Topliss-reactive ketones (excluding diaryl/α,β-unsaturated/α-hetero) is 2. The first kappa shape index (κ1) is 50.1. The van der Waals surface area contributed by atoms with Crippen molar-refractivity contribution in [3.8, 4) is 0 Å². The zero-order valence-electron chi connectivity index (χ0n) is 41.9. The molecule has 0 aromatic carbocycles. The third kappa shape index (κ3) is 10.6. The lowest BCUT2D eigenvalue weighted by molar-refractivity contribution is -0.194. The highest BCUT2D eigenvalue weighted by Gasteiger charge is 2.73. The van der Waals surface area contributed by atoms with Crippen molar-refractivity contribution in [3.63, 3.8) is 0 Å². The number of halogens is 2. The molecule has 0 radical (unpaired) electrons. The van der Waals surface area contributed by atoms with Crippen LogP contribution in [-0.4, -0.2) is 23.9 Å². The van der Waals surface area contributed by atoms with Crippen molar-refractivity contribution < 1.29 is 18.4 Å². The van der Waals surface area contributed by atoms with Crippen LogP contribution in [0.5, 0.6) is 0 Å². The standard InChI is InChI=1S/C30H51FO.C29H49FO/c1-3-5-7-8-10-23-11-13-25(14-12-23)26-17-21-30(22-18-26)27(31)29(28(30)32)19-15-24(16-20-29)9-6-4-2;1-3-5-6-7-9-23-10-12-24(13-11-23)25-16-20-29(21-17-25)26(30)28(27(29)31)18-14-22(8-4-2)15-19-28/h23-27H,3-22H2,1-2H3;22-26H,3-21H2,1-2H3/t23?,24?,25?,26?,27-,29?,30?;22?,23?,24?,25?,26-,28?,29?/m11/s1. The number of ketones is 2. The summed E-state index contributed by atoms with van der Waals surface area (Å²) < 4.78 is 31.5. The lowest BCUT2D eigenvalue weighted by atomic mass is 9.41. The topological polar surface area (TPSA) is 34.1 Å². The van der Waals surface area contributed by atoms with Gasteiger partial charge in [-0.15, -0.1) is 0 Å². The van der Waals surface area contributed by atoms with Crippen molar-refractivity contribution in [2.24, 2.45) is 69.0 Å². The monoisotopic (exact) mass is 879 g/mol. The summed E-state index contributed by atoms with van der Waals surface area (Å²) in [5, 5.41) is 0. The summed E-state index contributed by atoms with van der Waals surface area (Å²) in [6.45, 7) is 9.07. The fraction of sp³-hybridized carbons (Fsp3) is 0.966. The average Bonchev–Trinajstić information content (AvgIpc) is 3.34. The fourth-order valence-electron chi connectivity index (χ4n) is 17.0. The third-order valence-corrected chi connectivity index (χ3v) is 21.3. The first-order valence-electron chi connectivity index (χ1n) is 29.0. The SMILES string of the molecule is CCCCCCC1CCC(C2CCC3(CC2)C(=O)C2(CCC(CCC)CC2)[C@H]3F)CC1.CCCCCCC1CCC(C2CCC3(CC2)C(=O)C2(CCC(CCCC)CC2)[C@H]3F)CC1. The van der Waals surface area contributed by atoms with Gasteiger partial charge in [-0.25, -0.2) is 8.78 Å². The number of hydrogen-bond acceptors (Lipinski definition) is 2. The van der Waals surface area contributed by atoms with Crippen LogP contribution in [0.4, 0.5) is 8.78 Å². The number of alkyl halides is 2. The normalized spacial score (nSPS) is 42.8. The molecule has 2 atom stereocenters. The average molecular weight is 879 g/mol. The first-order valence-corrected chi connectivity index (χ1v) is 29.0. The molecule has 0 aromatic heterocycles. The van der Waals surface area contributed by atoms with Gasteiger partial charge >= 0.3 is 0 Å². The maximum atomic E-state index is 15.8. The van der Waals surface area contributed by atoms with E-state index >= 15 is 8.78 Å². The van der Waals surface area contributed by atoms with Gasteiger partial charge in [-0.05, 0) is 176 Å². The molecule has 8 aliphatic carbocycles. The van der Waals surface area contributed by atoms with Crippen LogP contribution in [0.1, 0.15) is 278 Å². The van der Waals surface area contributed by atoms with Gasteiger partial charge in [0.05, 0.1) is 21.7 Å². The lowest BCUT2D eigenvalue weighted by Gasteiger charge is -2.61. The van der Waals surface area contributed by atoms with Crippen LogP contribution < -0.4 is 0 Å². The molecule has 63 heavy (non-hydrogen) atoms. The van der Waals surface area contributed by atoms with Gasteiger partial charge in [-0.3, -0.25) is 9.59 Å². The second-order valence-electron chi connectivity index (χ2n) is 24.8. The Morgan fingerprint density at radius 3 is 0.937 bits per heavy atom. The summed E-state index contributed by atoms with van der Waals surface area (Å²) in [6.07, 6.45) is 45.5. The zero-order valence-corrected chi connectivity index (χ0v) is 41.9. The zero-order chi connectivity index (χ0) is 44.5. The van der Waals surface area contributed by atoms with Crippen molar-refractivity contribution in [3.05, 3.63) is 0 Å². The van der Waals surface area contributed by atoms with E-state index < -0.39 is 34.0 Å². The van der Waals surface area contributed by atoms with E-state index in [4.69, 9.17) is 0 Å². The van der Waals surface area contributed by atoms with E-state index in [9.17, 15) is 9.59 Å². The van der Waals surface area contributed by atoms with Gasteiger partial charge in [0.25, 0.3) is 0 Å². The first-order chi connectivity index (χ1) is 30.6. The fourth-order valence-corrected chi connectivity index (χ4v) is 17.0. The van der Waals surface area contributed by atoms with Gasteiger partial charge in [0, 0.05) is 0 Å². The van der Waals surface area contributed by atoms with E-state index in [1.54, 1.807) is 0 Å². The van der Waals surface area contributed by atoms with E-state index in [1.165, 1.54) is 148 Å². The molecule has 8 saturated carbocycles. The van der Waals surface area contributed by atoms with Crippen LogP contribution in [0, 0.1) is 69.0 Å². The molecule has 0 bridgehead atoms. The summed E-state index contributed by atoms with van der Waals surface area (Å²) >= 11 is 0. The van der Waals surface area contributed by atoms with Crippen LogP contribution >= 0.6 is 0 Å². The Balaban J connectivity index is 0.000000189. The quantitative estimate of drug-likeness (QED) is 0.136. The molecule has 0 amide bonds. The van der Waals surface area contributed by atoms with Crippen LogP contribution in [0.15, 0.2) is 0 Å². The smallest absolute Gasteiger partial charge is 0.151 e. The van der Waals surface area contributed by atoms with Gasteiger partial charge in [0.15, 0.2) is 11.6 Å². The maximum Gasteiger partial charge on any atom is 0.151 e. The summed E-state index contributed by atoms with van der Waals surface area (Å²) in [7, 11) is 0. The molecule has 0 heterocycles. The van der Waals surface area contributed by atoms with E-state index in [2.05, 4.69) is 27.7 Å². The van der Waals surface area contributed by atoms with Crippen LogP contribution in [0.25, 0.3) is 0 Å². The molecule has 0 N–H and O–H groups in total. The Hall–Kier alpha value is -0.800. The number of carbonyl (C=O) groups excluding carboxylic acids is 2. The lowest BCUT2D eigenvalue weighted by Crippen LogP contribution is -2.69. The van der Waals surface area contributed by atoms with Gasteiger partial charge in [0.1, 0.15) is 12.3 Å². The minimum Gasteiger partial charge on any atom is -0.298 e. The summed E-state index contributed by atoms with van der Waals surface area (Å²) in [5.41, 5.74) is -2.26. The van der Waals surface area contributed by atoms with Crippen molar-refractivity contribution in [1.29, 1.82) is 0 Å². The van der Waals surface area contributed by atoms with Gasteiger partial charge in [0.2, 0.25) is 0 Å². The number of unbranched alkanes of at least 4 members (excludes halogenated alkanes) is 7. The molecule has 2 nitrogen and oxygen atoms in total. The molecule has 4 spiro atoms. The third-order valence-electron chi connectivity index (χ3n) is 21.3. The highest BCUT2D eigenvalue weighted by Crippen LogP contribution is 2.68. The van der Waals surface area contributed by atoms with Crippen molar-refractivity contribution >= 4 is 11.6 Å². The highest BCUT2D eigenvalue weighted by atomic mass is 19.1. The molecule has 8 rings (SSSR count). The largest absolute Gasteiger partial charge is 0.298 e. The molecule has 0 aromatic rings. The predicted octanol–water partition coefficient (Wildman–Crippen LogP) is 18.1. The Morgan fingerprint density at radius 1 is 0.333 bits per heavy atom. The minimum atomic E-state index is -0.838. The van der Waals surface area contributed by atoms with Gasteiger partial charge in [-0.2, -0.15) is 0 Å². The molecule has 0 saturated heterocycles. The highest BCUT2D eigenvalue weighted by molar-refractivity contribution is 5.99. The summed E-state index contributed by atoms with van der Waals surface area (Å²) in [6, 6.07) is 0. The van der Waals surface area contributed by atoms with E-state index in [0.29, 0.717) is 11.6 Å². The second-order valence-corrected chi connectivity index (χ2v) is 24.8. The molecular weight excluding hydrogens is 779 g/mol. The van der Waals surface area contributed by atoms with Crippen molar-refractivity contribution in [2.75, 3.05) is 0 Å². The maximum absolute atomic E-state index is 15.8.